The van der Waals surface area contributed by atoms with Crippen molar-refractivity contribution in [3.8, 4) is 5.69 Å². The third-order valence-corrected chi connectivity index (χ3v) is 4.45. The molecule has 0 saturated heterocycles. The maximum absolute atomic E-state index is 9.86. The average Bonchev–Trinajstić information content (AvgIpc) is 3.12. The Bertz CT molecular complexity index is 886. The molecule has 0 fully saturated rings. The summed E-state index contributed by atoms with van der Waals surface area (Å²) in [5.41, 5.74) is 2.78. The fourth-order valence-corrected chi connectivity index (χ4v) is 3.20. The van der Waals surface area contributed by atoms with Crippen LogP contribution in [0.1, 0.15) is 44.9 Å². The van der Waals surface area contributed by atoms with Crippen molar-refractivity contribution in [2.75, 3.05) is 0 Å². The summed E-state index contributed by atoms with van der Waals surface area (Å²) in [6.07, 6.45) is 5.98. The third-order valence-electron chi connectivity index (χ3n) is 4.45. The van der Waals surface area contributed by atoms with E-state index in [0.29, 0.717) is 5.82 Å². The van der Waals surface area contributed by atoms with Gasteiger partial charge in [-0.15, -0.1) is 6.58 Å². The summed E-state index contributed by atoms with van der Waals surface area (Å²) in [7, 11) is 1.92. The van der Waals surface area contributed by atoms with Crippen molar-refractivity contribution in [2.45, 2.75) is 38.7 Å². The van der Waals surface area contributed by atoms with Crippen LogP contribution >= 0.6 is 0 Å². The Morgan fingerprint density at radius 3 is 2.79 bits per heavy atom. The van der Waals surface area contributed by atoms with Gasteiger partial charge in [-0.2, -0.15) is 0 Å². The lowest BCUT2D eigenvalue weighted by Crippen LogP contribution is -2.21. The predicted octanol–water partition coefficient (Wildman–Crippen LogP) is 3.67. The maximum atomic E-state index is 9.86. The molecule has 2 aromatic heterocycles. The molecule has 1 N–H and O–H groups in total. The number of aliphatic hydroxyl groups is 1. The van der Waals surface area contributed by atoms with Crippen LogP contribution in [0.2, 0.25) is 0 Å². The quantitative estimate of drug-likeness (QED) is 0.729. The Balaban J connectivity index is 2.12. The molecule has 0 spiro atoms. The molecule has 1 atom stereocenters. The number of hydrogen-bond donors (Lipinski definition) is 1. The van der Waals surface area contributed by atoms with Gasteiger partial charge in [-0.25, -0.2) is 9.97 Å². The summed E-state index contributed by atoms with van der Waals surface area (Å²) in [6, 6.07) is 6.13. The molecule has 1 unspecified atom stereocenters. The number of fused-ring (bicyclic) bond motifs is 1. The highest BCUT2D eigenvalue weighted by molar-refractivity contribution is 5.78. The fourth-order valence-electron chi connectivity index (χ4n) is 3.20. The van der Waals surface area contributed by atoms with Gasteiger partial charge >= 0.3 is 0 Å². The van der Waals surface area contributed by atoms with Gasteiger partial charge in [0, 0.05) is 30.5 Å². The highest BCUT2D eigenvalue weighted by atomic mass is 16.3. The SMILES string of the molecule is C=CCC(C)(C)c1nccn1-c1ccc2c(c1)nc(C(C)O)n2C. The minimum Gasteiger partial charge on any atom is -0.385 e. The molecule has 24 heavy (non-hydrogen) atoms. The Hall–Kier alpha value is -2.40. The van der Waals surface area contributed by atoms with E-state index in [1.807, 2.05) is 42.2 Å². The molecule has 5 heteroatoms. The van der Waals surface area contributed by atoms with Crippen LogP contribution in [0.5, 0.6) is 0 Å². The van der Waals surface area contributed by atoms with Crippen molar-refractivity contribution in [1.29, 1.82) is 0 Å². The van der Waals surface area contributed by atoms with E-state index in [4.69, 9.17) is 0 Å². The van der Waals surface area contributed by atoms with Gasteiger partial charge in [-0.05, 0) is 31.5 Å². The Morgan fingerprint density at radius 1 is 1.38 bits per heavy atom. The first-order valence-electron chi connectivity index (χ1n) is 8.14. The van der Waals surface area contributed by atoms with E-state index in [0.717, 1.165) is 29.0 Å². The molecule has 3 rings (SSSR count). The Morgan fingerprint density at radius 2 is 2.12 bits per heavy atom. The van der Waals surface area contributed by atoms with Crippen LogP contribution in [-0.2, 0) is 12.5 Å². The van der Waals surface area contributed by atoms with Crippen molar-refractivity contribution < 1.29 is 5.11 Å². The minimum absolute atomic E-state index is 0.102. The smallest absolute Gasteiger partial charge is 0.138 e. The summed E-state index contributed by atoms with van der Waals surface area (Å²) < 4.78 is 4.03. The van der Waals surface area contributed by atoms with Gasteiger partial charge < -0.3 is 14.2 Å². The summed E-state index contributed by atoms with van der Waals surface area (Å²) in [5, 5.41) is 9.86. The van der Waals surface area contributed by atoms with Gasteiger partial charge in [-0.1, -0.05) is 19.9 Å². The van der Waals surface area contributed by atoms with E-state index in [1.54, 1.807) is 6.92 Å². The Kier molecular flexibility index (Phi) is 4.05. The number of aromatic nitrogens is 4. The number of benzene rings is 1. The Labute approximate surface area is 142 Å². The largest absolute Gasteiger partial charge is 0.385 e. The van der Waals surface area contributed by atoms with E-state index >= 15 is 0 Å². The predicted molar refractivity (Wildman–Crippen MR) is 96.3 cm³/mol. The standard InChI is InChI=1S/C19H24N4O/c1-6-9-19(3,4)18-20-10-11-23(18)14-7-8-16-15(12-14)21-17(13(2)24)22(16)5/h6-8,10-13,24H,1,9H2,2-5H3. The fraction of sp³-hybridized carbons (Fsp3) is 0.368. The number of rotatable bonds is 5. The number of imidazole rings is 2. The molecule has 0 aliphatic carbocycles. The van der Waals surface area contributed by atoms with Crippen LogP contribution in [0.3, 0.4) is 0 Å². The van der Waals surface area contributed by atoms with Gasteiger partial charge in [0.05, 0.1) is 11.0 Å². The number of allylic oxidation sites excluding steroid dienone is 1. The second-order valence-electron chi connectivity index (χ2n) is 6.88. The summed E-state index contributed by atoms with van der Waals surface area (Å²) in [5.74, 6) is 1.66. The summed E-state index contributed by atoms with van der Waals surface area (Å²) in [6.45, 7) is 9.91. The van der Waals surface area contributed by atoms with Crippen molar-refractivity contribution in [1.82, 2.24) is 19.1 Å². The van der Waals surface area contributed by atoms with Gasteiger partial charge in [0.2, 0.25) is 0 Å². The number of hydrogen-bond acceptors (Lipinski definition) is 3. The van der Waals surface area contributed by atoms with Crippen LogP contribution in [0.25, 0.3) is 16.7 Å². The van der Waals surface area contributed by atoms with Crippen LogP contribution in [-0.4, -0.2) is 24.2 Å². The zero-order valence-electron chi connectivity index (χ0n) is 14.7. The highest BCUT2D eigenvalue weighted by Crippen LogP contribution is 2.29. The van der Waals surface area contributed by atoms with E-state index < -0.39 is 6.10 Å². The van der Waals surface area contributed by atoms with Crippen molar-refractivity contribution in [2.24, 2.45) is 7.05 Å². The van der Waals surface area contributed by atoms with Crippen LogP contribution < -0.4 is 0 Å². The zero-order chi connectivity index (χ0) is 17.5. The number of nitrogens with zero attached hydrogens (tertiary/aromatic N) is 4. The molecule has 5 nitrogen and oxygen atoms in total. The topological polar surface area (TPSA) is 55.9 Å². The molecule has 1 aromatic carbocycles. The molecule has 126 valence electrons. The molecule has 0 saturated carbocycles. The van der Waals surface area contributed by atoms with Crippen LogP contribution in [0, 0.1) is 0 Å². The second-order valence-corrected chi connectivity index (χ2v) is 6.88. The van der Waals surface area contributed by atoms with E-state index in [9.17, 15) is 5.11 Å². The highest BCUT2D eigenvalue weighted by Gasteiger charge is 2.25. The lowest BCUT2D eigenvalue weighted by Gasteiger charge is -2.23. The molecule has 0 bridgehead atoms. The third kappa shape index (κ3) is 2.65. The first-order chi connectivity index (χ1) is 11.3. The van der Waals surface area contributed by atoms with Gasteiger partial charge in [-0.3, -0.25) is 0 Å². The maximum Gasteiger partial charge on any atom is 0.138 e. The first-order valence-corrected chi connectivity index (χ1v) is 8.14. The van der Waals surface area contributed by atoms with Crippen LogP contribution in [0.15, 0.2) is 43.2 Å². The number of aryl methyl sites for hydroxylation is 1. The molecular formula is C19H24N4O. The monoisotopic (exact) mass is 324 g/mol. The molecule has 0 radical (unpaired) electrons. The number of aliphatic hydroxyl groups excluding tert-OH is 1. The average molecular weight is 324 g/mol. The molecule has 2 heterocycles. The molecule has 0 amide bonds. The second kappa shape index (κ2) is 5.91. The van der Waals surface area contributed by atoms with Crippen molar-refractivity contribution in [3.63, 3.8) is 0 Å². The van der Waals surface area contributed by atoms with Gasteiger partial charge in [0.25, 0.3) is 0 Å². The first kappa shape index (κ1) is 16.5. The van der Waals surface area contributed by atoms with Crippen molar-refractivity contribution in [3.05, 3.63) is 54.9 Å². The van der Waals surface area contributed by atoms with Gasteiger partial charge in [0.1, 0.15) is 17.8 Å². The van der Waals surface area contributed by atoms with E-state index in [-0.39, 0.29) is 5.41 Å². The summed E-state index contributed by atoms with van der Waals surface area (Å²) >= 11 is 0. The molecule has 0 aliphatic heterocycles. The molecule has 3 aromatic rings. The van der Waals surface area contributed by atoms with E-state index in [2.05, 4.69) is 41.0 Å². The minimum atomic E-state index is -0.596. The van der Waals surface area contributed by atoms with E-state index in [1.165, 1.54) is 0 Å². The normalized spacial score (nSPS) is 13.4. The van der Waals surface area contributed by atoms with Gasteiger partial charge in [0.15, 0.2) is 0 Å². The summed E-state index contributed by atoms with van der Waals surface area (Å²) in [4.78, 5) is 9.14. The lowest BCUT2D eigenvalue weighted by atomic mass is 9.88. The van der Waals surface area contributed by atoms with Crippen LogP contribution in [0.4, 0.5) is 0 Å². The van der Waals surface area contributed by atoms with Crippen molar-refractivity contribution >= 4 is 11.0 Å². The molecular weight excluding hydrogens is 300 g/mol. The molecule has 0 aliphatic rings. The zero-order valence-corrected chi connectivity index (χ0v) is 14.7. The lowest BCUT2D eigenvalue weighted by molar-refractivity contribution is 0.186.